The summed E-state index contributed by atoms with van der Waals surface area (Å²) in [7, 11) is 0. The molecule has 0 saturated heterocycles. The predicted molar refractivity (Wildman–Crippen MR) is 147 cm³/mol. The third-order valence-electron chi connectivity index (χ3n) is 7.31. The molecular formula is C30H17ClF5N5O2. The Labute approximate surface area is 245 Å². The lowest BCUT2D eigenvalue weighted by molar-refractivity contribution is -0.137. The number of benzene rings is 3. The summed E-state index contributed by atoms with van der Waals surface area (Å²) >= 11 is 6.42. The van der Waals surface area contributed by atoms with Crippen LogP contribution < -0.4 is 15.5 Å². The highest BCUT2D eigenvalue weighted by molar-refractivity contribution is 6.31. The molecule has 2 N–H and O–H groups in total. The zero-order valence-electron chi connectivity index (χ0n) is 21.7. The van der Waals surface area contributed by atoms with E-state index in [1.165, 1.54) is 23.2 Å². The van der Waals surface area contributed by atoms with Crippen LogP contribution in [-0.4, -0.2) is 23.5 Å². The van der Waals surface area contributed by atoms with Crippen LogP contribution in [0.25, 0.3) is 11.1 Å². The molecule has 0 fully saturated rings. The molecule has 3 amide bonds. The van der Waals surface area contributed by atoms with Crippen molar-refractivity contribution in [1.82, 2.24) is 10.3 Å². The summed E-state index contributed by atoms with van der Waals surface area (Å²) in [5.41, 5.74) is 0.374. The lowest BCUT2D eigenvalue weighted by Gasteiger charge is -2.35. The van der Waals surface area contributed by atoms with Gasteiger partial charge in [-0.1, -0.05) is 11.6 Å². The van der Waals surface area contributed by atoms with Gasteiger partial charge in [0.1, 0.15) is 23.4 Å². The Morgan fingerprint density at radius 3 is 2.63 bits per heavy atom. The second-order valence-electron chi connectivity index (χ2n) is 9.85. The predicted octanol–water partition coefficient (Wildman–Crippen LogP) is 7.00. The molecule has 3 heterocycles. The van der Waals surface area contributed by atoms with Gasteiger partial charge in [-0.2, -0.15) is 18.4 Å². The summed E-state index contributed by atoms with van der Waals surface area (Å²) < 4.78 is 68.8. The fourth-order valence-electron chi connectivity index (χ4n) is 5.50. The molecule has 1 unspecified atom stereocenters. The van der Waals surface area contributed by atoms with Crippen LogP contribution in [0.3, 0.4) is 0 Å². The van der Waals surface area contributed by atoms with Gasteiger partial charge in [0.25, 0.3) is 5.91 Å². The molecule has 0 radical (unpaired) electrons. The number of pyridine rings is 1. The van der Waals surface area contributed by atoms with Gasteiger partial charge in [0, 0.05) is 45.7 Å². The molecule has 3 aromatic carbocycles. The van der Waals surface area contributed by atoms with Crippen LogP contribution in [0.1, 0.15) is 44.3 Å². The molecular weight excluding hydrogens is 593 g/mol. The van der Waals surface area contributed by atoms with E-state index in [1.807, 2.05) is 6.07 Å². The first-order valence-electron chi connectivity index (χ1n) is 12.7. The number of nitriles is 1. The maximum absolute atomic E-state index is 14.4. The van der Waals surface area contributed by atoms with Crippen molar-refractivity contribution < 1.29 is 31.5 Å². The van der Waals surface area contributed by atoms with E-state index in [0.717, 1.165) is 12.1 Å². The quantitative estimate of drug-likeness (QED) is 0.244. The summed E-state index contributed by atoms with van der Waals surface area (Å²) in [6.45, 7) is 0.225. The van der Waals surface area contributed by atoms with Crippen LogP contribution >= 0.6 is 11.6 Å². The Bertz CT molecular complexity index is 1890. The molecule has 0 aliphatic carbocycles. The minimum atomic E-state index is -4.91. The summed E-state index contributed by atoms with van der Waals surface area (Å²) in [6.07, 6.45) is -3.14. The number of urea groups is 1. The first kappa shape index (κ1) is 28.1. The number of hydrogen-bond donors (Lipinski definition) is 2. The molecule has 6 rings (SSSR count). The highest BCUT2D eigenvalue weighted by Gasteiger charge is 2.41. The van der Waals surface area contributed by atoms with E-state index >= 15 is 0 Å². The smallest absolute Gasteiger partial charge is 0.327 e. The average molecular weight is 610 g/mol. The van der Waals surface area contributed by atoms with E-state index in [9.17, 15) is 36.8 Å². The molecule has 216 valence electrons. The van der Waals surface area contributed by atoms with Crippen molar-refractivity contribution in [2.45, 2.75) is 18.6 Å². The normalized spacial score (nSPS) is 15.5. The monoisotopic (exact) mass is 609 g/mol. The number of nitrogens with one attached hydrogen (secondary N) is 2. The van der Waals surface area contributed by atoms with Gasteiger partial charge in [0.15, 0.2) is 0 Å². The number of carbonyl (C=O) groups is 2. The van der Waals surface area contributed by atoms with E-state index < -0.39 is 46.9 Å². The van der Waals surface area contributed by atoms with Crippen molar-refractivity contribution in [3.05, 3.63) is 111 Å². The van der Waals surface area contributed by atoms with Crippen LogP contribution in [0, 0.1) is 23.0 Å². The van der Waals surface area contributed by atoms with Gasteiger partial charge in [-0.15, -0.1) is 0 Å². The number of halogens is 6. The largest absolute Gasteiger partial charge is 0.416 e. The molecule has 43 heavy (non-hydrogen) atoms. The summed E-state index contributed by atoms with van der Waals surface area (Å²) in [4.78, 5) is 32.2. The molecule has 0 saturated carbocycles. The van der Waals surface area contributed by atoms with Crippen LogP contribution in [0.5, 0.6) is 0 Å². The molecule has 0 bridgehead atoms. The van der Waals surface area contributed by atoms with E-state index in [2.05, 4.69) is 15.6 Å². The van der Waals surface area contributed by atoms with Gasteiger partial charge in [-0.25, -0.2) is 18.6 Å². The Balaban J connectivity index is 1.60. The number of anilines is 2. The average Bonchev–Trinajstić information content (AvgIpc) is 3.42. The number of nitrogens with zero attached hydrogens (tertiary/aromatic N) is 3. The minimum absolute atomic E-state index is 0.0153. The summed E-state index contributed by atoms with van der Waals surface area (Å²) in [6, 6.07) is 10.1. The Morgan fingerprint density at radius 2 is 1.88 bits per heavy atom. The number of amides is 3. The van der Waals surface area contributed by atoms with E-state index in [1.54, 1.807) is 12.1 Å². The van der Waals surface area contributed by atoms with Gasteiger partial charge in [-0.3, -0.25) is 9.69 Å². The van der Waals surface area contributed by atoms with Gasteiger partial charge in [-0.05, 0) is 72.1 Å². The van der Waals surface area contributed by atoms with Gasteiger partial charge in [0.05, 0.1) is 17.3 Å². The van der Waals surface area contributed by atoms with Crippen LogP contribution in [-0.2, 0) is 12.6 Å². The van der Waals surface area contributed by atoms with E-state index in [4.69, 9.17) is 11.6 Å². The third-order valence-corrected chi connectivity index (χ3v) is 7.65. The SMILES string of the molecule is N#Cc1ncccc1-c1cc(NC(=O)c2cc(F)cc(C(F)(F)F)c2)c2c3c1CCN3C(=O)NC2c1cc(F)ccc1Cl. The number of aromatic nitrogens is 1. The molecule has 2 aliphatic heterocycles. The molecule has 1 atom stereocenters. The molecule has 7 nitrogen and oxygen atoms in total. The lowest BCUT2D eigenvalue weighted by atomic mass is 9.87. The maximum Gasteiger partial charge on any atom is 0.416 e. The fraction of sp³-hybridized carbons (Fsp3) is 0.133. The van der Waals surface area contributed by atoms with Gasteiger partial charge in [0.2, 0.25) is 0 Å². The van der Waals surface area contributed by atoms with E-state index in [-0.39, 0.29) is 40.1 Å². The zero-order valence-corrected chi connectivity index (χ0v) is 22.4. The van der Waals surface area contributed by atoms with E-state index in [0.29, 0.717) is 40.9 Å². The number of alkyl halides is 3. The Hall–Kier alpha value is -5.02. The molecule has 1 aromatic heterocycles. The second kappa shape index (κ2) is 10.4. The van der Waals surface area contributed by atoms with Gasteiger partial charge >= 0.3 is 12.2 Å². The first-order chi connectivity index (χ1) is 20.5. The van der Waals surface area contributed by atoms with Crippen molar-refractivity contribution in [3.63, 3.8) is 0 Å². The highest BCUT2D eigenvalue weighted by Crippen LogP contribution is 2.50. The van der Waals surface area contributed by atoms with Crippen LogP contribution in [0.15, 0.2) is 60.8 Å². The Kier molecular flexibility index (Phi) is 6.77. The third kappa shape index (κ3) is 4.91. The standard InChI is InChI=1S/C30H17ClF5N5O2/c31-22-4-3-16(32)11-21(22)26-25-23(39-28(42)14-8-15(30(34,35)36)10-17(33)9-14)12-20(18-2-1-6-38-24(18)13-37)19-5-7-41(27(19)25)29(43)40-26/h1-4,6,8-12,26H,5,7H2,(H,39,42)(H,40,43). The summed E-state index contributed by atoms with van der Waals surface area (Å²) in [5, 5.41) is 15.2. The Morgan fingerprint density at radius 1 is 1.09 bits per heavy atom. The van der Waals surface area contributed by atoms with Crippen molar-refractivity contribution in [2.75, 3.05) is 16.8 Å². The van der Waals surface area contributed by atoms with Crippen LogP contribution in [0.2, 0.25) is 5.02 Å². The topological polar surface area (TPSA) is 98.1 Å². The van der Waals surface area contributed by atoms with Gasteiger partial charge < -0.3 is 10.6 Å². The number of hydrogen-bond acceptors (Lipinski definition) is 4. The van der Waals surface area contributed by atoms with Crippen molar-refractivity contribution in [2.24, 2.45) is 0 Å². The first-order valence-corrected chi connectivity index (χ1v) is 13.1. The highest BCUT2D eigenvalue weighted by atomic mass is 35.5. The van der Waals surface area contributed by atoms with Crippen LogP contribution in [0.4, 0.5) is 38.1 Å². The molecule has 2 aliphatic rings. The van der Waals surface area contributed by atoms with Crippen molar-refractivity contribution in [3.8, 4) is 17.2 Å². The summed E-state index contributed by atoms with van der Waals surface area (Å²) in [5.74, 6) is -3.00. The number of carbonyl (C=O) groups excluding carboxylic acids is 2. The maximum atomic E-state index is 14.4. The second-order valence-corrected chi connectivity index (χ2v) is 10.3. The lowest BCUT2D eigenvalue weighted by Crippen LogP contribution is -2.46. The number of rotatable bonds is 4. The fourth-order valence-corrected chi connectivity index (χ4v) is 5.72. The minimum Gasteiger partial charge on any atom is -0.327 e. The zero-order chi connectivity index (χ0) is 30.6. The molecule has 4 aromatic rings. The van der Waals surface area contributed by atoms with Crippen molar-refractivity contribution in [1.29, 1.82) is 5.26 Å². The van der Waals surface area contributed by atoms with Crippen molar-refractivity contribution >= 4 is 34.9 Å². The molecule has 13 heteroatoms. The molecule has 0 spiro atoms.